The Balaban J connectivity index is 2.13. The standard InChI is InChI=1S/C21H35N3O4/c1-16-14-19(17(2)24(16)11-5-13-28-3)21(27)23-10-4-6-18(15-25)7-9-22-20(26)8-12-23/h14,18,25H,4-13,15H2,1-3H3,(H,22,26). The molecule has 0 spiro atoms. The van der Waals surface area contributed by atoms with E-state index in [-0.39, 0.29) is 24.3 Å². The van der Waals surface area contributed by atoms with Crippen molar-refractivity contribution in [2.45, 2.75) is 52.5 Å². The van der Waals surface area contributed by atoms with Gasteiger partial charge < -0.3 is 24.6 Å². The lowest BCUT2D eigenvalue weighted by Gasteiger charge is -2.23. The van der Waals surface area contributed by atoms with E-state index in [4.69, 9.17) is 4.74 Å². The van der Waals surface area contributed by atoms with Gasteiger partial charge in [0.2, 0.25) is 5.91 Å². The Morgan fingerprint density at radius 3 is 2.82 bits per heavy atom. The summed E-state index contributed by atoms with van der Waals surface area (Å²) in [5.41, 5.74) is 2.74. The number of methoxy groups -OCH3 is 1. The van der Waals surface area contributed by atoms with Crippen LogP contribution in [0, 0.1) is 19.8 Å². The number of rotatable bonds is 6. The first-order chi connectivity index (χ1) is 13.5. The number of carbonyl (C=O) groups excluding carboxylic acids is 2. The maximum Gasteiger partial charge on any atom is 0.255 e. The van der Waals surface area contributed by atoms with E-state index in [1.807, 2.05) is 19.9 Å². The molecule has 7 nitrogen and oxygen atoms in total. The molecule has 1 unspecified atom stereocenters. The van der Waals surface area contributed by atoms with E-state index in [0.717, 1.165) is 43.6 Å². The molecule has 1 aliphatic heterocycles. The first-order valence-electron chi connectivity index (χ1n) is 10.3. The highest BCUT2D eigenvalue weighted by Gasteiger charge is 2.23. The van der Waals surface area contributed by atoms with Gasteiger partial charge in [0.15, 0.2) is 0 Å². The Bertz CT molecular complexity index is 656. The fourth-order valence-corrected chi connectivity index (χ4v) is 3.85. The molecule has 0 radical (unpaired) electrons. The predicted molar refractivity (Wildman–Crippen MR) is 108 cm³/mol. The predicted octanol–water partition coefficient (Wildman–Crippen LogP) is 1.88. The van der Waals surface area contributed by atoms with Crippen molar-refractivity contribution in [3.8, 4) is 0 Å². The first kappa shape index (κ1) is 22.4. The quantitative estimate of drug-likeness (QED) is 0.723. The zero-order valence-electron chi connectivity index (χ0n) is 17.5. The molecule has 1 atom stereocenters. The molecular weight excluding hydrogens is 358 g/mol. The van der Waals surface area contributed by atoms with Gasteiger partial charge in [-0.05, 0) is 51.5 Å². The van der Waals surface area contributed by atoms with Crippen LogP contribution in [0.25, 0.3) is 0 Å². The summed E-state index contributed by atoms with van der Waals surface area (Å²) in [5.74, 6) is 0.112. The number of aryl methyl sites for hydroxylation is 1. The maximum absolute atomic E-state index is 13.2. The van der Waals surface area contributed by atoms with Crippen molar-refractivity contribution in [3.63, 3.8) is 0 Å². The molecule has 0 saturated carbocycles. The SMILES string of the molecule is COCCCn1c(C)cc(C(=O)N2CCCC(CO)CCNC(=O)CC2)c1C. The number of hydrogen-bond acceptors (Lipinski definition) is 4. The van der Waals surface area contributed by atoms with Gasteiger partial charge in [-0.25, -0.2) is 0 Å². The van der Waals surface area contributed by atoms with Gasteiger partial charge in [0.25, 0.3) is 5.91 Å². The zero-order valence-corrected chi connectivity index (χ0v) is 17.5. The van der Waals surface area contributed by atoms with Gasteiger partial charge >= 0.3 is 0 Å². The molecule has 1 aromatic rings. The van der Waals surface area contributed by atoms with Crippen LogP contribution in [0.2, 0.25) is 0 Å². The number of nitrogens with zero attached hydrogens (tertiary/aromatic N) is 2. The van der Waals surface area contributed by atoms with Gasteiger partial charge in [-0.15, -0.1) is 0 Å². The topological polar surface area (TPSA) is 83.8 Å². The average Bonchev–Trinajstić information content (AvgIpc) is 2.94. The van der Waals surface area contributed by atoms with E-state index in [2.05, 4.69) is 9.88 Å². The Labute approximate surface area is 168 Å². The van der Waals surface area contributed by atoms with Crippen LogP contribution < -0.4 is 5.32 Å². The Morgan fingerprint density at radius 2 is 2.11 bits per heavy atom. The third-order valence-electron chi connectivity index (χ3n) is 5.60. The second kappa shape index (κ2) is 11.2. The van der Waals surface area contributed by atoms with Crippen LogP contribution in [0.1, 0.15) is 53.8 Å². The fraction of sp³-hybridized carbons (Fsp3) is 0.714. The molecular formula is C21H35N3O4. The average molecular weight is 394 g/mol. The molecule has 0 aliphatic carbocycles. The molecule has 0 aromatic carbocycles. The third kappa shape index (κ3) is 6.07. The lowest BCUT2D eigenvalue weighted by atomic mass is 10.0. The minimum Gasteiger partial charge on any atom is -0.396 e. The van der Waals surface area contributed by atoms with Crippen molar-refractivity contribution in [1.82, 2.24) is 14.8 Å². The molecule has 28 heavy (non-hydrogen) atoms. The van der Waals surface area contributed by atoms with Crippen LogP contribution >= 0.6 is 0 Å². The lowest BCUT2D eigenvalue weighted by molar-refractivity contribution is -0.121. The number of hydrogen-bond donors (Lipinski definition) is 2. The summed E-state index contributed by atoms with van der Waals surface area (Å²) in [4.78, 5) is 27.1. The summed E-state index contributed by atoms with van der Waals surface area (Å²) in [5, 5.41) is 12.4. The normalized spacial score (nSPS) is 19.2. The molecule has 1 fully saturated rings. The number of aliphatic hydroxyl groups excluding tert-OH is 1. The summed E-state index contributed by atoms with van der Waals surface area (Å²) in [6.07, 6.45) is 3.66. The molecule has 0 bridgehead atoms. The molecule has 2 heterocycles. The van der Waals surface area contributed by atoms with Gasteiger partial charge in [0.1, 0.15) is 0 Å². The number of carbonyl (C=O) groups is 2. The number of nitrogens with one attached hydrogen (secondary N) is 1. The largest absolute Gasteiger partial charge is 0.396 e. The van der Waals surface area contributed by atoms with Crippen molar-refractivity contribution < 1.29 is 19.4 Å². The molecule has 1 saturated heterocycles. The van der Waals surface area contributed by atoms with E-state index in [0.29, 0.717) is 38.2 Å². The maximum atomic E-state index is 13.2. The van der Waals surface area contributed by atoms with E-state index in [9.17, 15) is 14.7 Å². The van der Waals surface area contributed by atoms with Crippen LogP contribution in [0.4, 0.5) is 0 Å². The van der Waals surface area contributed by atoms with E-state index < -0.39 is 0 Å². The molecule has 7 heteroatoms. The lowest BCUT2D eigenvalue weighted by Crippen LogP contribution is -2.36. The number of ether oxygens (including phenoxy) is 1. The summed E-state index contributed by atoms with van der Waals surface area (Å²) >= 11 is 0. The van der Waals surface area contributed by atoms with Gasteiger partial charge in [-0.3, -0.25) is 9.59 Å². The van der Waals surface area contributed by atoms with Crippen LogP contribution in [-0.4, -0.2) is 66.3 Å². The summed E-state index contributed by atoms with van der Waals surface area (Å²) in [6, 6.07) is 1.95. The fourth-order valence-electron chi connectivity index (χ4n) is 3.85. The van der Waals surface area contributed by atoms with Crippen LogP contribution in [0.15, 0.2) is 6.07 Å². The van der Waals surface area contributed by atoms with Crippen LogP contribution in [0.3, 0.4) is 0 Å². The van der Waals surface area contributed by atoms with E-state index in [1.54, 1.807) is 12.0 Å². The van der Waals surface area contributed by atoms with E-state index in [1.165, 1.54) is 0 Å². The highest BCUT2D eigenvalue weighted by molar-refractivity contribution is 5.96. The first-order valence-corrected chi connectivity index (χ1v) is 10.3. The van der Waals surface area contributed by atoms with E-state index >= 15 is 0 Å². The number of aliphatic hydroxyl groups is 1. The van der Waals surface area contributed by atoms with Gasteiger partial charge in [0.05, 0.1) is 5.56 Å². The van der Waals surface area contributed by atoms with Gasteiger partial charge in [-0.1, -0.05) is 0 Å². The minimum absolute atomic E-state index is 0.0151. The van der Waals surface area contributed by atoms with Gasteiger partial charge in [-0.2, -0.15) is 0 Å². The molecule has 1 aliphatic rings. The highest BCUT2D eigenvalue weighted by atomic mass is 16.5. The molecule has 158 valence electrons. The Morgan fingerprint density at radius 1 is 1.32 bits per heavy atom. The molecule has 2 N–H and O–H groups in total. The second-order valence-corrected chi connectivity index (χ2v) is 7.65. The third-order valence-corrected chi connectivity index (χ3v) is 5.60. The summed E-state index contributed by atoms with van der Waals surface area (Å²) in [6.45, 7) is 7.23. The Kier molecular flexibility index (Phi) is 8.99. The monoisotopic (exact) mass is 393 g/mol. The summed E-state index contributed by atoms with van der Waals surface area (Å²) in [7, 11) is 1.69. The molecule has 2 rings (SSSR count). The molecule has 2 amide bonds. The Hall–Kier alpha value is -1.86. The number of amides is 2. The number of aromatic nitrogens is 1. The van der Waals surface area contributed by atoms with Crippen molar-refractivity contribution in [3.05, 3.63) is 23.0 Å². The van der Waals surface area contributed by atoms with Crippen molar-refractivity contribution >= 4 is 11.8 Å². The van der Waals surface area contributed by atoms with Crippen LogP contribution in [0.5, 0.6) is 0 Å². The minimum atomic E-state index is -0.0403. The highest BCUT2D eigenvalue weighted by Crippen LogP contribution is 2.19. The van der Waals surface area contributed by atoms with Gasteiger partial charge in [0, 0.05) is 64.3 Å². The second-order valence-electron chi connectivity index (χ2n) is 7.65. The van der Waals surface area contributed by atoms with Crippen molar-refractivity contribution in [2.24, 2.45) is 5.92 Å². The summed E-state index contributed by atoms with van der Waals surface area (Å²) < 4.78 is 7.29. The van der Waals surface area contributed by atoms with Crippen molar-refractivity contribution in [1.29, 1.82) is 0 Å². The zero-order chi connectivity index (χ0) is 20.5. The molecule has 1 aromatic heterocycles. The smallest absolute Gasteiger partial charge is 0.255 e. The van der Waals surface area contributed by atoms with Crippen molar-refractivity contribution in [2.75, 3.05) is 40.0 Å². The van der Waals surface area contributed by atoms with Crippen LogP contribution in [-0.2, 0) is 16.1 Å².